The van der Waals surface area contributed by atoms with Crippen LogP contribution in [0.3, 0.4) is 0 Å². The number of aromatic nitrogens is 5. The maximum Gasteiger partial charge on any atom is 0.263 e. The van der Waals surface area contributed by atoms with E-state index in [0.717, 1.165) is 0 Å². The summed E-state index contributed by atoms with van der Waals surface area (Å²) in [5.74, 6) is 0.960. The summed E-state index contributed by atoms with van der Waals surface area (Å²) >= 11 is 0. The molecule has 1 aliphatic rings. The summed E-state index contributed by atoms with van der Waals surface area (Å²) in [6.45, 7) is 4.04. The zero-order valence-corrected chi connectivity index (χ0v) is 18.0. The van der Waals surface area contributed by atoms with Crippen LogP contribution in [0.15, 0.2) is 60.9 Å². The van der Waals surface area contributed by atoms with Crippen LogP contribution in [-0.2, 0) is 4.79 Å². The Kier molecular flexibility index (Phi) is 5.55. The summed E-state index contributed by atoms with van der Waals surface area (Å²) in [7, 11) is 0. The van der Waals surface area contributed by atoms with E-state index in [1.54, 1.807) is 28.6 Å². The standard InChI is InChI=1S/C23H22FN7O2/c1-16(33-19-5-3-2-4-6-19)23(32)30-13-11-29(12-14-30)21-20-22(26-15-25-21)31(28-27-20)18-9-7-17(24)8-10-18/h2-10,15-16H,11-14H2,1H3/t16-/m1/s1. The van der Waals surface area contributed by atoms with Crippen LogP contribution in [0.2, 0.25) is 0 Å². The molecular formula is C23H22FN7O2. The Labute approximate surface area is 189 Å². The highest BCUT2D eigenvalue weighted by molar-refractivity contribution is 5.84. The van der Waals surface area contributed by atoms with E-state index >= 15 is 0 Å². The summed E-state index contributed by atoms with van der Waals surface area (Å²) in [6, 6.07) is 15.3. The average Bonchev–Trinajstić information content (AvgIpc) is 3.29. The van der Waals surface area contributed by atoms with Gasteiger partial charge in [0.15, 0.2) is 23.1 Å². The lowest BCUT2D eigenvalue weighted by Crippen LogP contribution is -2.52. The van der Waals surface area contributed by atoms with E-state index in [2.05, 4.69) is 25.2 Å². The van der Waals surface area contributed by atoms with Crippen LogP contribution in [0.25, 0.3) is 16.9 Å². The molecule has 0 saturated carbocycles. The van der Waals surface area contributed by atoms with Crippen molar-refractivity contribution < 1.29 is 13.9 Å². The molecule has 0 spiro atoms. The molecular weight excluding hydrogens is 425 g/mol. The number of carbonyl (C=O) groups excluding carboxylic acids is 1. The second-order valence-corrected chi connectivity index (χ2v) is 7.73. The molecule has 1 aliphatic heterocycles. The molecule has 2 aromatic heterocycles. The molecule has 1 amide bonds. The Hall–Kier alpha value is -4.08. The van der Waals surface area contributed by atoms with Crippen molar-refractivity contribution in [2.24, 2.45) is 0 Å². The van der Waals surface area contributed by atoms with Crippen LogP contribution in [0.5, 0.6) is 5.75 Å². The Bertz CT molecular complexity index is 1260. The number of rotatable bonds is 5. The minimum Gasteiger partial charge on any atom is -0.481 e. The fourth-order valence-electron chi connectivity index (χ4n) is 3.87. The molecule has 10 heteroatoms. The minimum absolute atomic E-state index is 0.0476. The number of fused-ring (bicyclic) bond motifs is 1. The number of ether oxygens (including phenoxy) is 1. The third-order valence-corrected chi connectivity index (χ3v) is 5.58. The highest BCUT2D eigenvalue weighted by Crippen LogP contribution is 2.24. The average molecular weight is 447 g/mol. The maximum absolute atomic E-state index is 13.3. The second kappa shape index (κ2) is 8.81. The quantitative estimate of drug-likeness (QED) is 0.464. The number of nitrogens with zero attached hydrogens (tertiary/aromatic N) is 7. The lowest BCUT2D eigenvalue weighted by Gasteiger charge is -2.36. The molecule has 1 saturated heterocycles. The lowest BCUT2D eigenvalue weighted by atomic mass is 10.2. The fourth-order valence-corrected chi connectivity index (χ4v) is 3.87. The van der Waals surface area contributed by atoms with Crippen LogP contribution in [0.1, 0.15) is 6.92 Å². The first-order valence-corrected chi connectivity index (χ1v) is 10.7. The van der Waals surface area contributed by atoms with E-state index in [4.69, 9.17) is 4.74 Å². The van der Waals surface area contributed by atoms with Gasteiger partial charge in [-0.1, -0.05) is 23.4 Å². The highest BCUT2D eigenvalue weighted by Gasteiger charge is 2.28. The van der Waals surface area contributed by atoms with Gasteiger partial charge in [-0.25, -0.2) is 14.4 Å². The molecule has 0 aliphatic carbocycles. The smallest absolute Gasteiger partial charge is 0.263 e. The van der Waals surface area contributed by atoms with Gasteiger partial charge in [-0.3, -0.25) is 4.79 Å². The van der Waals surface area contributed by atoms with Crippen LogP contribution in [0, 0.1) is 5.82 Å². The van der Waals surface area contributed by atoms with Gasteiger partial charge >= 0.3 is 0 Å². The molecule has 1 atom stereocenters. The van der Waals surface area contributed by atoms with Gasteiger partial charge in [0, 0.05) is 26.2 Å². The second-order valence-electron chi connectivity index (χ2n) is 7.73. The highest BCUT2D eigenvalue weighted by atomic mass is 19.1. The zero-order valence-electron chi connectivity index (χ0n) is 18.0. The zero-order chi connectivity index (χ0) is 22.8. The summed E-state index contributed by atoms with van der Waals surface area (Å²) in [5, 5.41) is 8.46. The molecule has 2 aromatic carbocycles. The first-order chi connectivity index (χ1) is 16.1. The molecule has 0 radical (unpaired) electrons. The van der Waals surface area contributed by atoms with Gasteiger partial charge in [0.1, 0.15) is 17.9 Å². The fraction of sp³-hybridized carbons (Fsp3) is 0.261. The molecule has 3 heterocycles. The van der Waals surface area contributed by atoms with Crippen molar-refractivity contribution in [3.8, 4) is 11.4 Å². The maximum atomic E-state index is 13.3. The number of amides is 1. The van der Waals surface area contributed by atoms with Crippen molar-refractivity contribution in [2.75, 3.05) is 31.1 Å². The normalized spacial score (nSPS) is 15.0. The number of hydrogen-bond donors (Lipinski definition) is 0. The number of piperazine rings is 1. The number of para-hydroxylation sites is 1. The summed E-state index contributed by atoms with van der Waals surface area (Å²) in [6.07, 6.45) is 0.897. The predicted octanol–water partition coefficient (Wildman–Crippen LogP) is 2.47. The predicted molar refractivity (Wildman–Crippen MR) is 120 cm³/mol. The van der Waals surface area contributed by atoms with Crippen molar-refractivity contribution in [3.63, 3.8) is 0 Å². The number of halogens is 1. The molecule has 0 N–H and O–H groups in total. The first-order valence-electron chi connectivity index (χ1n) is 10.7. The summed E-state index contributed by atoms with van der Waals surface area (Å²) in [4.78, 5) is 25.5. The van der Waals surface area contributed by atoms with Gasteiger partial charge in [-0.05, 0) is 43.3 Å². The minimum atomic E-state index is -0.569. The van der Waals surface area contributed by atoms with Crippen LogP contribution in [0.4, 0.5) is 10.2 Å². The number of hydrogen-bond acceptors (Lipinski definition) is 7. The third-order valence-electron chi connectivity index (χ3n) is 5.58. The number of anilines is 1. The van der Waals surface area contributed by atoms with Gasteiger partial charge in [0.05, 0.1) is 5.69 Å². The van der Waals surface area contributed by atoms with Gasteiger partial charge in [-0.15, -0.1) is 5.10 Å². The lowest BCUT2D eigenvalue weighted by molar-refractivity contribution is -0.138. The molecule has 4 aromatic rings. The van der Waals surface area contributed by atoms with E-state index in [1.165, 1.54) is 18.5 Å². The van der Waals surface area contributed by atoms with E-state index in [9.17, 15) is 9.18 Å². The Morgan fingerprint density at radius 3 is 2.45 bits per heavy atom. The van der Waals surface area contributed by atoms with E-state index in [-0.39, 0.29) is 11.7 Å². The monoisotopic (exact) mass is 447 g/mol. The topological polar surface area (TPSA) is 89.3 Å². The molecule has 168 valence electrons. The van der Waals surface area contributed by atoms with Crippen molar-refractivity contribution in [1.29, 1.82) is 0 Å². The van der Waals surface area contributed by atoms with Crippen LogP contribution < -0.4 is 9.64 Å². The molecule has 0 bridgehead atoms. The Morgan fingerprint density at radius 2 is 1.73 bits per heavy atom. The van der Waals surface area contributed by atoms with Crippen molar-refractivity contribution in [3.05, 3.63) is 66.7 Å². The molecule has 0 unspecified atom stereocenters. The largest absolute Gasteiger partial charge is 0.481 e. The third kappa shape index (κ3) is 4.19. The Morgan fingerprint density at radius 1 is 1.00 bits per heavy atom. The van der Waals surface area contributed by atoms with Gasteiger partial charge < -0.3 is 14.5 Å². The molecule has 1 fully saturated rings. The summed E-state index contributed by atoms with van der Waals surface area (Å²) in [5.41, 5.74) is 1.75. The SMILES string of the molecule is C[C@@H](Oc1ccccc1)C(=O)N1CCN(c2ncnc3c2nnn3-c2ccc(F)cc2)CC1. The van der Waals surface area contributed by atoms with Crippen LogP contribution >= 0.6 is 0 Å². The first kappa shape index (κ1) is 20.8. The molecule has 5 rings (SSSR count). The van der Waals surface area contributed by atoms with Crippen molar-refractivity contribution >= 4 is 22.9 Å². The molecule has 9 nitrogen and oxygen atoms in total. The number of carbonyl (C=O) groups is 1. The Balaban J connectivity index is 1.28. The van der Waals surface area contributed by atoms with E-state index in [1.807, 2.05) is 30.3 Å². The van der Waals surface area contributed by atoms with E-state index < -0.39 is 6.10 Å². The number of benzene rings is 2. The van der Waals surface area contributed by atoms with Crippen LogP contribution in [-0.4, -0.2) is 68.1 Å². The van der Waals surface area contributed by atoms with Gasteiger partial charge in [0.25, 0.3) is 5.91 Å². The van der Waals surface area contributed by atoms with Gasteiger partial charge in [0.2, 0.25) is 0 Å². The summed E-state index contributed by atoms with van der Waals surface area (Å²) < 4.78 is 20.6. The van der Waals surface area contributed by atoms with Crippen molar-refractivity contribution in [1.82, 2.24) is 29.9 Å². The van der Waals surface area contributed by atoms with E-state index in [0.29, 0.717) is 54.6 Å². The van der Waals surface area contributed by atoms with Gasteiger partial charge in [-0.2, -0.15) is 4.68 Å². The molecule has 33 heavy (non-hydrogen) atoms. The van der Waals surface area contributed by atoms with Crippen molar-refractivity contribution in [2.45, 2.75) is 13.0 Å².